The van der Waals surface area contributed by atoms with E-state index in [2.05, 4.69) is 59.4 Å². The molecule has 100 valence electrons. The van der Waals surface area contributed by atoms with Gasteiger partial charge in [-0.3, -0.25) is 0 Å². The molecule has 2 heteroatoms. The molecule has 0 heterocycles. The van der Waals surface area contributed by atoms with Crippen molar-refractivity contribution in [3.8, 4) is 0 Å². The van der Waals surface area contributed by atoms with Gasteiger partial charge in [-0.05, 0) is 43.4 Å². The summed E-state index contributed by atoms with van der Waals surface area (Å²) in [5, 5.41) is 3.84. The van der Waals surface area contributed by atoms with Crippen molar-refractivity contribution in [2.24, 2.45) is 5.92 Å². The molecule has 18 heavy (non-hydrogen) atoms. The van der Waals surface area contributed by atoms with Gasteiger partial charge in [-0.1, -0.05) is 54.2 Å². The number of halogens is 1. The fourth-order valence-corrected chi connectivity index (χ4v) is 3.53. The first-order valence-corrected chi connectivity index (χ1v) is 8.01. The Morgan fingerprint density at radius 1 is 1.33 bits per heavy atom. The highest BCUT2D eigenvalue weighted by Crippen LogP contribution is 2.29. The highest BCUT2D eigenvalue weighted by molar-refractivity contribution is 9.10. The monoisotopic (exact) mass is 309 g/mol. The third-order valence-electron chi connectivity index (χ3n) is 4.25. The van der Waals surface area contributed by atoms with Crippen LogP contribution in [0.15, 0.2) is 28.7 Å². The van der Waals surface area contributed by atoms with E-state index in [1.807, 2.05) is 0 Å². The van der Waals surface area contributed by atoms with Gasteiger partial charge < -0.3 is 5.32 Å². The van der Waals surface area contributed by atoms with Gasteiger partial charge in [-0.15, -0.1) is 0 Å². The van der Waals surface area contributed by atoms with Crippen LogP contribution in [0.1, 0.15) is 57.6 Å². The van der Waals surface area contributed by atoms with E-state index in [9.17, 15) is 0 Å². The van der Waals surface area contributed by atoms with Crippen molar-refractivity contribution in [2.45, 2.75) is 58.0 Å². The second-order valence-corrected chi connectivity index (χ2v) is 6.42. The van der Waals surface area contributed by atoms with Gasteiger partial charge in [-0.25, -0.2) is 0 Å². The van der Waals surface area contributed by atoms with Gasteiger partial charge in [0, 0.05) is 16.6 Å². The van der Waals surface area contributed by atoms with E-state index in [1.165, 1.54) is 42.1 Å². The molecule has 2 rings (SSSR count). The highest BCUT2D eigenvalue weighted by atomic mass is 79.9. The lowest BCUT2D eigenvalue weighted by Crippen LogP contribution is -2.39. The lowest BCUT2D eigenvalue weighted by molar-refractivity contribution is 0.240. The normalized spacial score (nSPS) is 25.9. The summed E-state index contributed by atoms with van der Waals surface area (Å²) in [6.45, 7) is 4.61. The van der Waals surface area contributed by atoms with E-state index >= 15 is 0 Å². The van der Waals surface area contributed by atoms with Gasteiger partial charge in [-0.2, -0.15) is 0 Å². The zero-order valence-electron chi connectivity index (χ0n) is 11.5. The fourth-order valence-electron chi connectivity index (χ4n) is 3.11. The Labute approximate surface area is 119 Å². The van der Waals surface area contributed by atoms with Crippen LogP contribution in [0.25, 0.3) is 0 Å². The van der Waals surface area contributed by atoms with Gasteiger partial charge in [0.05, 0.1) is 0 Å². The van der Waals surface area contributed by atoms with Crippen LogP contribution in [0.4, 0.5) is 0 Å². The molecule has 3 atom stereocenters. The van der Waals surface area contributed by atoms with Crippen LogP contribution in [-0.2, 0) is 0 Å². The zero-order valence-corrected chi connectivity index (χ0v) is 13.0. The van der Waals surface area contributed by atoms with Crippen molar-refractivity contribution in [3.05, 3.63) is 34.3 Å². The number of rotatable bonds is 4. The maximum atomic E-state index is 3.84. The smallest absolute Gasteiger partial charge is 0.0294 e. The predicted octanol–water partition coefficient (Wildman–Crippen LogP) is 5.07. The van der Waals surface area contributed by atoms with Crippen LogP contribution in [0.3, 0.4) is 0 Å². The standard InChI is InChI=1S/C16H24BrN/c1-3-13-7-4-5-10-16(13)18-12(2)14-8-6-9-15(17)11-14/h6,8-9,11-13,16,18H,3-5,7,10H2,1-2H3/t12-,13?,16?/m1/s1. The summed E-state index contributed by atoms with van der Waals surface area (Å²) in [7, 11) is 0. The third kappa shape index (κ3) is 3.58. The van der Waals surface area contributed by atoms with Crippen molar-refractivity contribution in [3.63, 3.8) is 0 Å². The number of hydrogen-bond donors (Lipinski definition) is 1. The van der Waals surface area contributed by atoms with Crippen molar-refractivity contribution < 1.29 is 0 Å². The molecule has 0 aromatic heterocycles. The van der Waals surface area contributed by atoms with E-state index in [0.717, 1.165) is 5.92 Å². The summed E-state index contributed by atoms with van der Waals surface area (Å²) in [5.74, 6) is 0.869. The highest BCUT2D eigenvalue weighted by Gasteiger charge is 2.24. The SMILES string of the molecule is CCC1CCCCC1N[C@H](C)c1cccc(Br)c1. The number of benzene rings is 1. The molecule has 1 nitrogen and oxygen atoms in total. The molecule has 0 amide bonds. The Balaban J connectivity index is 1.99. The van der Waals surface area contributed by atoms with E-state index in [4.69, 9.17) is 0 Å². The Bertz CT molecular complexity index is 377. The molecule has 0 bridgehead atoms. The van der Waals surface area contributed by atoms with Crippen LogP contribution in [0.2, 0.25) is 0 Å². The van der Waals surface area contributed by atoms with Gasteiger partial charge in [0.1, 0.15) is 0 Å². The summed E-state index contributed by atoms with van der Waals surface area (Å²) in [4.78, 5) is 0. The molecule has 0 radical (unpaired) electrons. The summed E-state index contributed by atoms with van der Waals surface area (Å²) < 4.78 is 1.17. The Kier molecular flexibility index (Phi) is 5.25. The summed E-state index contributed by atoms with van der Waals surface area (Å²) in [5.41, 5.74) is 1.38. The van der Waals surface area contributed by atoms with Gasteiger partial charge in [0.15, 0.2) is 0 Å². The fraction of sp³-hybridized carbons (Fsp3) is 0.625. The number of nitrogens with one attached hydrogen (secondary N) is 1. The van der Waals surface area contributed by atoms with Crippen LogP contribution in [0.5, 0.6) is 0 Å². The van der Waals surface area contributed by atoms with E-state index < -0.39 is 0 Å². The summed E-state index contributed by atoms with van der Waals surface area (Å²) in [6, 6.07) is 9.80. The zero-order chi connectivity index (χ0) is 13.0. The van der Waals surface area contributed by atoms with E-state index in [1.54, 1.807) is 0 Å². The number of hydrogen-bond acceptors (Lipinski definition) is 1. The van der Waals surface area contributed by atoms with E-state index in [-0.39, 0.29) is 0 Å². The van der Waals surface area contributed by atoms with Gasteiger partial charge in [0.25, 0.3) is 0 Å². The molecule has 0 aliphatic heterocycles. The molecule has 1 aliphatic carbocycles. The predicted molar refractivity (Wildman–Crippen MR) is 81.7 cm³/mol. The van der Waals surface area contributed by atoms with Gasteiger partial charge >= 0.3 is 0 Å². The first-order valence-electron chi connectivity index (χ1n) is 7.22. The van der Waals surface area contributed by atoms with E-state index in [0.29, 0.717) is 12.1 Å². The lowest BCUT2D eigenvalue weighted by atomic mass is 9.82. The summed E-state index contributed by atoms with van der Waals surface area (Å²) >= 11 is 3.55. The molecule has 0 saturated heterocycles. The van der Waals surface area contributed by atoms with Gasteiger partial charge in [0.2, 0.25) is 0 Å². The Morgan fingerprint density at radius 3 is 2.83 bits per heavy atom. The Hall–Kier alpha value is -0.340. The average molecular weight is 310 g/mol. The van der Waals surface area contributed by atoms with Crippen LogP contribution >= 0.6 is 15.9 Å². The van der Waals surface area contributed by atoms with Crippen molar-refractivity contribution in [2.75, 3.05) is 0 Å². The Morgan fingerprint density at radius 2 is 2.11 bits per heavy atom. The topological polar surface area (TPSA) is 12.0 Å². The first-order chi connectivity index (χ1) is 8.70. The maximum Gasteiger partial charge on any atom is 0.0294 e. The van der Waals surface area contributed by atoms with Crippen molar-refractivity contribution >= 4 is 15.9 Å². The molecule has 1 saturated carbocycles. The van der Waals surface area contributed by atoms with Crippen molar-refractivity contribution in [1.29, 1.82) is 0 Å². The molecule has 0 spiro atoms. The molecular formula is C16H24BrN. The largest absolute Gasteiger partial charge is 0.307 e. The first kappa shape index (κ1) is 14.1. The minimum Gasteiger partial charge on any atom is -0.307 e. The van der Waals surface area contributed by atoms with Crippen LogP contribution in [0, 0.1) is 5.92 Å². The molecular weight excluding hydrogens is 286 g/mol. The molecule has 2 unspecified atom stereocenters. The minimum absolute atomic E-state index is 0.444. The molecule has 1 aromatic carbocycles. The molecule has 1 fully saturated rings. The second kappa shape index (κ2) is 6.72. The lowest BCUT2D eigenvalue weighted by Gasteiger charge is -2.34. The average Bonchev–Trinajstić information content (AvgIpc) is 2.39. The minimum atomic E-state index is 0.444. The molecule has 1 aliphatic rings. The van der Waals surface area contributed by atoms with Crippen molar-refractivity contribution in [1.82, 2.24) is 5.32 Å². The molecule has 1 N–H and O–H groups in total. The van der Waals surface area contributed by atoms with Crippen LogP contribution in [-0.4, -0.2) is 6.04 Å². The second-order valence-electron chi connectivity index (χ2n) is 5.50. The molecule has 1 aromatic rings. The quantitative estimate of drug-likeness (QED) is 0.819. The third-order valence-corrected chi connectivity index (χ3v) is 4.74. The maximum absolute atomic E-state index is 3.84. The summed E-state index contributed by atoms with van der Waals surface area (Å²) in [6.07, 6.45) is 6.86. The van der Waals surface area contributed by atoms with Crippen LogP contribution < -0.4 is 5.32 Å².